The van der Waals surface area contributed by atoms with Crippen molar-refractivity contribution >= 4 is 5.91 Å². The van der Waals surface area contributed by atoms with Crippen molar-refractivity contribution in [1.82, 2.24) is 14.7 Å². The molecule has 1 saturated heterocycles. The SMILES string of the molecule is Cc1occc1C(=O)N1CCC[C@@H]1c1cnn(C)c1. The van der Waals surface area contributed by atoms with Gasteiger partial charge in [-0.25, -0.2) is 0 Å². The lowest BCUT2D eigenvalue weighted by molar-refractivity contribution is 0.0734. The first-order valence-electron chi connectivity index (χ1n) is 6.50. The molecule has 0 N–H and O–H groups in total. The number of carbonyl (C=O) groups excluding carboxylic acids is 1. The van der Waals surface area contributed by atoms with E-state index in [4.69, 9.17) is 4.42 Å². The standard InChI is InChI=1S/C14H17N3O2/c1-10-12(5-7-19-10)14(18)17-6-3-4-13(17)11-8-15-16(2)9-11/h5,7-9,13H,3-4,6H2,1-2H3/t13-/m1/s1. The average Bonchev–Trinajstić information content (AvgIpc) is 3.07. The highest BCUT2D eigenvalue weighted by Crippen LogP contribution is 2.33. The molecule has 0 bridgehead atoms. The van der Waals surface area contributed by atoms with Crippen molar-refractivity contribution in [2.45, 2.75) is 25.8 Å². The Hall–Kier alpha value is -2.04. The van der Waals surface area contributed by atoms with Gasteiger partial charge >= 0.3 is 0 Å². The third-order valence-corrected chi connectivity index (χ3v) is 3.71. The molecule has 0 saturated carbocycles. The zero-order chi connectivity index (χ0) is 13.4. The minimum absolute atomic E-state index is 0.0533. The number of aryl methyl sites for hydroxylation is 2. The van der Waals surface area contributed by atoms with Crippen LogP contribution in [-0.4, -0.2) is 27.1 Å². The van der Waals surface area contributed by atoms with Gasteiger partial charge in [-0.2, -0.15) is 5.10 Å². The third-order valence-electron chi connectivity index (χ3n) is 3.71. The highest BCUT2D eigenvalue weighted by molar-refractivity contribution is 5.95. The van der Waals surface area contributed by atoms with Gasteiger partial charge in [0.05, 0.1) is 24.1 Å². The molecule has 1 atom stereocenters. The van der Waals surface area contributed by atoms with Crippen molar-refractivity contribution in [2.75, 3.05) is 6.54 Å². The molecule has 2 aromatic heterocycles. The molecular weight excluding hydrogens is 242 g/mol. The number of hydrogen-bond acceptors (Lipinski definition) is 3. The number of rotatable bonds is 2. The Morgan fingerprint density at radius 1 is 1.53 bits per heavy atom. The first kappa shape index (κ1) is 12.0. The Bertz CT molecular complexity index is 599. The number of aromatic nitrogens is 2. The molecule has 0 aromatic carbocycles. The summed E-state index contributed by atoms with van der Waals surface area (Å²) in [6.45, 7) is 2.62. The highest BCUT2D eigenvalue weighted by Gasteiger charge is 2.32. The van der Waals surface area contributed by atoms with E-state index in [9.17, 15) is 4.79 Å². The molecule has 3 rings (SSSR count). The summed E-state index contributed by atoms with van der Waals surface area (Å²) in [6.07, 6.45) is 7.42. The molecule has 100 valence electrons. The van der Waals surface area contributed by atoms with Crippen LogP contribution in [-0.2, 0) is 7.05 Å². The molecule has 5 heteroatoms. The summed E-state index contributed by atoms with van der Waals surface area (Å²) in [5, 5.41) is 4.20. The second-order valence-corrected chi connectivity index (χ2v) is 4.99. The molecule has 1 aliphatic rings. The molecule has 19 heavy (non-hydrogen) atoms. The van der Waals surface area contributed by atoms with Gasteiger partial charge in [0.2, 0.25) is 0 Å². The minimum atomic E-state index is 0.0533. The third kappa shape index (κ3) is 2.05. The molecule has 5 nitrogen and oxygen atoms in total. The second kappa shape index (κ2) is 4.57. The van der Waals surface area contributed by atoms with Crippen LogP contribution in [0.2, 0.25) is 0 Å². The average molecular weight is 259 g/mol. The van der Waals surface area contributed by atoms with Crippen LogP contribution in [0.25, 0.3) is 0 Å². The van der Waals surface area contributed by atoms with E-state index < -0.39 is 0 Å². The smallest absolute Gasteiger partial charge is 0.257 e. The fourth-order valence-electron chi connectivity index (χ4n) is 2.73. The maximum Gasteiger partial charge on any atom is 0.257 e. The van der Waals surface area contributed by atoms with E-state index in [1.54, 1.807) is 17.0 Å². The lowest BCUT2D eigenvalue weighted by atomic mass is 10.1. The summed E-state index contributed by atoms with van der Waals surface area (Å²) in [5.41, 5.74) is 1.77. The molecule has 1 fully saturated rings. The van der Waals surface area contributed by atoms with E-state index in [0.717, 1.165) is 24.9 Å². The molecule has 0 spiro atoms. The molecule has 3 heterocycles. The zero-order valence-electron chi connectivity index (χ0n) is 11.2. The van der Waals surface area contributed by atoms with Gasteiger partial charge in [0.15, 0.2) is 0 Å². The normalized spacial score (nSPS) is 19.1. The maximum atomic E-state index is 12.6. The van der Waals surface area contributed by atoms with Crippen molar-refractivity contribution in [3.8, 4) is 0 Å². The van der Waals surface area contributed by atoms with E-state index in [-0.39, 0.29) is 11.9 Å². The summed E-state index contributed by atoms with van der Waals surface area (Å²) >= 11 is 0. The highest BCUT2D eigenvalue weighted by atomic mass is 16.3. The van der Waals surface area contributed by atoms with Gasteiger partial charge in [-0.1, -0.05) is 0 Å². The van der Waals surface area contributed by atoms with Crippen LogP contribution < -0.4 is 0 Å². The maximum absolute atomic E-state index is 12.6. The molecule has 1 amide bonds. The van der Waals surface area contributed by atoms with Gasteiger partial charge in [0, 0.05) is 25.4 Å². The van der Waals surface area contributed by atoms with Crippen molar-refractivity contribution in [2.24, 2.45) is 7.05 Å². The Labute approximate surface area is 111 Å². The van der Waals surface area contributed by atoms with Crippen molar-refractivity contribution in [3.05, 3.63) is 41.6 Å². The molecule has 0 radical (unpaired) electrons. The second-order valence-electron chi connectivity index (χ2n) is 4.99. The summed E-state index contributed by atoms with van der Waals surface area (Å²) in [6, 6.07) is 1.88. The van der Waals surface area contributed by atoms with E-state index in [0.29, 0.717) is 11.3 Å². The Kier molecular flexibility index (Phi) is 2.89. The number of furan rings is 1. The number of nitrogens with zero attached hydrogens (tertiary/aromatic N) is 3. The summed E-state index contributed by atoms with van der Waals surface area (Å²) in [5.74, 6) is 0.736. The van der Waals surface area contributed by atoms with Crippen LogP contribution in [0.4, 0.5) is 0 Å². The zero-order valence-corrected chi connectivity index (χ0v) is 11.2. The van der Waals surface area contributed by atoms with Crippen LogP contribution in [0, 0.1) is 6.92 Å². The fourth-order valence-corrected chi connectivity index (χ4v) is 2.73. The summed E-state index contributed by atoms with van der Waals surface area (Å²) in [7, 11) is 1.89. The molecule has 0 unspecified atom stereocenters. The minimum Gasteiger partial charge on any atom is -0.469 e. The topological polar surface area (TPSA) is 51.3 Å². The fraction of sp³-hybridized carbons (Fsp3) is 0.429. The first-order chi connectivity index (χ1) is 9.16. The van der Waals surface area contributed by atoms with Gasteiger partial charge in [-0.05, 0) is 25.8 Å². The van der Waals surface area contributed by atoms with Gasteiger partial charge in [0.25, 0.3) is 5.91 Å². The quantitative estimate of drug-likeness (QED) is 0.831. The van der Waals surface area contributed by atoms with Crippen molar-refractivity contribution in [3.63, 3.8) is 0 Å². The molecular formula is C14H17N3O2. The van der Waals surface area contributed by atoms with E-state index >= 15 is 0 Å². The van der Waals surface area contributed by atoms with Crippen LogP contribution in [0.3, 0.4) is 0 Å². The summed E-state index contributed by atoms with van der Waals surface area (Å²) in [4.78, 5) is 14.5. The number of amides is 1. The van der Waals surface area contributed by atoms with Crippen LogP contribution >= 0.6 is 0 Å². The van der Waals surface area contributed by atoms with E-state index in [2.05, 4.69) is 5.10 Å². The van der Waals surface area contributed by atoms with Crippen molar-refractivity contribution in [1.29, 1.82) is 0 Å². The van der Waals surface area contributed by atoms with Crippen molar-refractivity contribution < 1.29 is 9.21 Å². The van der Waals surface area contributed by atoms with Gasteiger partial charge in [0.1, 0.15) is 5.76 Å². The van der Waals surface area contributed by atoms with E-state index in [1.807, 2.05) is 31.3 Å². The monoisotopic (exact) mass is 259 g/mol. The number of likely N-dealkylation sites (tertiary alicyclic amines) is 1. The Morgan fingerprint density at radius 2 is 2.37 bits per heavy atom. The van der Waals surface area contributed by atoms with Crippen LogP contribution in [0.1, 0.15) is 40.6 Å². The largest absolute Gasteiger partial charge is 0.469 e. The van der Waals surface area contributed by atoms with Gasteiger partial charge in [-0.15, -0.1) is 0 Å². The predicted molar refractivity (Wildman–Crippen MR) is 69.7 cm³/mol. The van der Waals surface area contributed by atoms with Gasteiger partial charge < -0.3 is 9.32 Å². The van der Waals surface area contributed by atoms with E-state index in [1.165, 1.54) is 0 Å². The molecule has 2 aromatic rings. The Morgan fingerprint density at radius 3 is 3.00 bits per heavy atom. The van der Waals surface area contributed by atoms with Crippen LogP contribution in [0.15, 0.2) is 29.1 Å². The molecule has 1 aliphatic heterocycles. The lowest BCUT2D eigenvalue weighted by Crippen LogP contribution is -2.30. The lowest BCUT2D eigenvalue weighted by Gasteiger charge is -2.23. The van der Waals surface area contributed by atoms with Gasteiger partial charge in [-0.3, -0.25) is 9.48 Å². The number of carbonyl (C=O) groups is 1. The summed E-state index contributed by atoms with van der Waals surface area (Å²) < 4.78 is 7.00. The number of hydrogen-bond donors (Lipinski definition) is 0. The molecule has 0 aliphatic carbocycles. The van der Waals surface area contributed by atoms with Crippen LogP contribution in [0.5, 0.6) is 0 Å². The first-order valence-corrected chi connectivity index (χ1v) is 6.50. The Balaban J connectivity index is 1.88. The predicted octanol–water partition coefficient (Wildman–Crippen LogP) is 2.30.